The molecule has 0 radical (unpaired) electrons. The molecule has 0 amide bonds. The normalized spacial score (nSPS) is 23.9. The molecule has 112 valence electrons. The second-order valence-electron chi connectivity index (χ2n) is 6.54. The molecule has 0 heterocycles. The average Bonchev–Trinajstić information content (AvgIpc) is 2.89. The molecule has 1 fully saturated rings. The number of nitrogens with one attached hydrogen (secondary N) is 1. The van der Waals surface area contributed by atoms with Crippen molar-refractivity contribution in [3.05, 3.63) is 35.9 Å². The highest BCUT2D eigenvalue weighted by molar-refractivity contribution is 5.18. The van der Waals surface area contributed by atoms with E-state index in [4.69, 9.17) is 0 Å². The summed E-state index contributed by atoms with van der Waals surface area (Å²) in [6, 6.07) is 11.6. The number of hydrogen-bond donors (Lipinski definition) is 1. The van der Waals surface area contributed by atoms with Gasteiger partial charge in [-0.1, -0.05) is 76.3 Å². The molecule has 1 aromatic rings. The first-order valence-electron chi connectivity index (χ1n) is 8.59. The van der Waals surface area contributed by atoms with Crippen molar-refractivity contribution in [1.82, 2.24) is 5.32 Å². The zero-order valence-electron chi connectivity index (χ0n) is 13.3. The molecule has 2 rings (SSSR count). The highest BCUT2D eigenvalue weighted by Crippen LogP contribution is 2.31. The van der Waals surface area contributed by atoms with Gasteiger partial charge in [0.1, 0.15) is 0 Å². The summed E-state index contributed by atoms with van der Waals surface area (Å²) in [6.07, 6.45) is 9.55. The van der Waals surface area contributed by atoms with Crippen LogP contribution in [0.25, 0.3) is 0 Å². The maximum Gasteiger partial charge on any atom is 0.0320 e. The fourth-order valence-corrected chi connectivity index (χ4v) is 3.49. The highest BCUT2D eigenvalue weighted by Gasteiger charge is 2.24. The van der Waals surface area contributed by atoms with Crippen LogP contribution in [0.15, 0.2) is 30.3 Å². The summed E-state index contributed by atoms with van der Waals surface area (Å²) in [5, 5.41) is 3.87. The summed E-state index contributed by atoms with van der Waals surface area (Å²) in [4.78, 5) is 0. The molecular weight excluding hydrogens is 242 g/mol. The summed E-state index contributed by atoms with van der Waals surface area (Å²) in [5.41, 5.74) is 1.47. The van der Waals surface area contributed by atoms with Crippen molar-refractivity contribution < 1.29 is 0 Å². The number of rotatable bonds is 8. The third-order valence-electron chi connectivity index (χ3n) is 4.96. The van der Waals surface area contributed by atoms with Gasteiger partial charge < -0.3 is 5.32 Å². The molecule has 0 spiro atoms. The molecule has 1 nitrogen and oxygen atoms in total. The Labute approximate surface area is 125 Å². The molecule has 1 N–H and O–H groups in total. The molecule has 1 saturated carbocycles. The van der Waals surface area contributed by atoms with E-state index in [1.807, 2.05) is 0 Å². The average molecular weight is 273 g/mol. The Morgan fingerprint density at radius 3 is 2.60 bits per heavy atom. The van der Waals surface area contributed by atoms with Gasteiger partial charge in [0.15, 0.2) is 0 Å². The Kier molecular flexibility index (Phi) is 6.59. The van der Waals surface area contributed by atoms with E-state index in [0.717, 1.165) is 11.8 Å². The van der Waals surface area contributed by atoms with Crippen LogP contribution in [0.5, 0.6) is 0 Å². The van der Waals surface area contributed by atoms with Crippen LogP contribution in [0.4, 0.5) is 0 Å². The largest absolute Gasteiger partial charge is 0.310 e. The first-order valence-corrected chi connectivity index (χ1v) is 8.59. The molecule has 1 aliphatic carbocycles. The lowest BCUT2D eigenvalue weighted by molar-refractivity contribution is 0.357. The first-order chi connectivity index (χ1) is 9.81. The minimum Gasteiger partial charge on any atom is -0.310 e. The molecule has 1 heteroatoms. The van der Waals surface area contributed by atoms with Crippen LogP contribution in [0, 0.1) is 11.8 Å². The predicted molar refractivity (Wildman–Crippen MR) is 87.8 cm³/mol. The number of benzene rings is 1. The zero-order chi connectivity index (χ0) is 14.2. The van der Waals surface area contributed by atoms with Crippen molar-refractivity contribution >= 4 is 0 Å². The van der Waals surface area contributed by atoms with Gasteiger partial charge in [0.25, 0.3) is 0 Å². The molecule has 0 aliphatic heterocycles. The number of unbranched alkanes of at least 4 members (excludes halogenated alkanes) is 2. The first kappa shape index (κ1) is 15.6. The Balaban J connectivity index is 1.88. The summed E-state index contributed by atoms with van der Waals surface area (Å²) in [5.74, 6) is 1.81. The maximum atomic E-state index is 3.87. The van der Waals surface area contributed by atoms with Crippen LogP contribution in [0.2, 0.25) is 0 Å². The van der Waals surface area contributed by atoms with Gasteiger partial charge in [0.05, 0.1) is 0 Å². The van der Waals surface area contributed by atoms with Crippen LogP contribution in [0.1, 0.15) is 70.4 Å². The zero-order valence-corrected chi connectivity index (χ0v) is 13.3. The lowest BCUT2D eigenvalue weighted by Crippen LogP contribution is -2.28. The second-order valence-corrected chi connectivity index (χ2v) is 6.54. The quantitative estimate of drug-likeness (QED) is 0.631. The molecular formula is C19H31N. The monoisotopic (exact) mass is 273 g/mol. The third kappa shape index (κ3) is 4.63. The van der Waals surface area contributed by atoms with Crippen molar-refractivity contribution in [2.45, 2.75) is 64.8 Å². The molecule has 1 aromatic carbocycles. The van der Waals surface area contributed by atoms with Crippen molar-refractivity contribution in [3.63, 3.8) is 0 Å². The minimum absolute atomic E-state index is 0.551. The van der Waals surface area contributed by atoms with E-state index in [0.29, 0.717) is 6.04 Å². The topological polar surface area (TPSA) is 12.0 Å². The van der Waals surface area contributed by atoms with Crippen molar-refractivity contribution in [1.29, 1.82) is 0 Å². The third-order valence-corrected chi connectivity index (χ3v) is 4.96. The van der Waals surface area contributed by atoms with Crippen molar-refractivity contribution in [2.75, 3.05) is 6.54 Å². The highest BCUT2D eigenvalue weighted by atomic mass is 14.9. The van der Waals surface area contributed by atoms with E-state index in [1.54, 1.807) is 0 Å². The van der Waals surface area contributed by atoms with Gasteiger partial charge in [-0.2, -0.15) is 0 Å². The standard InChI is InChI=1S/C19H31N/c1-3-4-6-14-19(17-11-7-5-8-12-17)20-15-18-13-9-10-16(18)2/h5,7-8,11-12,16,18-20H,3-4,6,9-10,13-15H2,1-2H3. The summed E-state index contributed by atoms with van der Waals surface area (Å²) >= 11 is 0. The Bertz CT molecular complexity index is 359. The van der Waals surface area contributed by atoms with Crippen LogP contribution in [-0.4, -0.2) is 6.54 Å². The van der Waals surface area contributed by atoms with Gasteiger partial charge in [-0.25, -0.2) is 0 Å². The summed E-state index contributed by atoms with van der Waals surface area (Å²) < 4.78 is 0. The van der Waals surface area contributed by atoms with E-state index in [2.05, 4.69) is 49.5 Å². The van der Waals surface area contributed by atoms with Gasteiger partial charge >= 0.3 is 0 Å². The van der Waals surface area contributed by atoms with E-state index in [-0.39, 0.29) is 0 Å². The van der Waals surface area contributed by atoms with Crippen LogP contribution in [-0.2, 0) is 0 Å². The second kappa shape index (κ2) is 8.46. The SMILES string of the molecule is CCCCCC(NCC1CCCC1C)c1ccccc1. The van der Waals surface area contributed by atoms with Gasteiger partial charge in [0, 0.05) is 6.04 Å². The molecule has 3 unspecified atom stereocenters. The minimum atomic E-state index is 0.551. The van der Waals surface area contributed by atoms with E-state index in [9.17, 15) is 0 Å². The molecule has 0 saturated heterocycles. The van der Waals surface area contributed by atoms with E-state index in [1.165, 1.54) is 57.1 Å². The van der Waals surface area contributed by atoms with Gasteiger partial charge in [0.2, 0.25) is 0 Å². The van der Waals surface area contributed by atoms with Gasteiger partial charge in [-0.3, -0.25) is 0 Å². The summed E-state index contributed by atoms with van der Waals surface area (Å²) in [6.45, 7) is 5.91. The van der Waals surface area contributed by atoms with E-state index >= 15 is 0 Å². The molecule has 20 heavy (non-hydrogen) atoms. The van der Waals surface area contributed by atoms with Crippen LogP contribution >= 0.6 is 0 Å². The molecule has 3 atom stereocenters. The van der Waals surface area contributed by atoms with Crippen LogP contribution < -0.4 is 5.32 Å². The fraction of sp³-hybridized carbons (Fsp3) is 0.684. The predicted octanol–water partition coefficient (Wildman–Crippen LogP) is 5.33. The number of hydrogen-bond acceptors (Lipinski definition) is 1. The van der Waals surface area contributed by atoms with E-state index < -0.39 is 0 Å². The van der Waals surface area contributed by atoms with Crippen LogP contribution in [0.3, 0.4) is 0 Å². The lowest BCUT2D eigenvalue weighted by atomic mass is 9.96. The molecule has 0 bridgehead atoms. The fourth-order valence-electron chi connectivity index (χ4n) is 3.49. The maximum absolute atomic E-state index is 3.87. The van der Waals surface area contributed by atoms with Gasteiger partial charge in [-0.15, -0.1) is 0 Å². The summed E-state index contributed by atoms with van der Waals surface area (Å²) in [7, 11) is 0. The molecule has 1 aliphatic rings. The lowest BCUT2D eigenvalue weighted by Gasteiger charge is -2.23. The Morgan fingerprint density at radius 1 is 1.15 bits per heavy atom. The van der Waals surface area contributed by atoms with Gasteiger partial charge in [-0.05, 0) is 36.8 Å². The van der Waals surface area contributed by atoms with Crippen molar-refractivity contribution in [3.8, 4) is 0 Å². The van der Waals surface area contributed by atoms with Crippen molar-refractivity contribution in [2.24, 2.45) is 11.8 Å². The smallest absolute Gasteiger partial charge is 0.0320 e. The Morgan fingerprint density at radius 2 is 1.95 bits per heavy atom. The Hall–Kier alpha value is -0.820. The molecule has 0 aromatic heterocycles.